The molecule has 2 heterocycles. The van der Waals surface area contributed by atoms with Gasteiger partial charge in [0.25, 0.3) is 0 Å². The lowest BCUT2D eigenvalue weighted by Crippen LogP contribution is -2.51. The second-order valence-electron chi connectivity index (χ2n) is 6.63. The van der Waals surface area contributed by atoms with Crippen LogP contribution in [0.4, 0.5) is 0 Å². The monoisotopic (exact) mass is 292 g/mol. The van der Waals surface area contributed by atoms with Crippen molar-refractivity contribution in [2.75, 3.05) is 13.1 Å². The summed E-state index contributed by atoms with van der Waals surface area (Å²) in [5.74, 6) is 1.01. The van der Waals surface area contributed by atoms with E-state index in [0.29, 0.717) is 12.1 Å². The summed E-state index contributed by atoms with van der Waals surface area (Å²) in [6.45, 7) is 4.37. The van der Waals surface area contributed by atoms with Gasteiger partial charge in [-0.2, -0.15) is 0 Å². The number of likely N-dealkylation sites (tertiary alicyclic amines) is 1. The number of nitrogens with zero attached hydrogens (tertiary/aromatic N) is 1. The van der Waals surface area contributed by atoms with Crippen molar-refractivity contribution in [2.24, 2.45) is 0 Å². The van der Waals surface area contributed by atoms with Crippen LogP contribution in [0.1, 0.15) is 57.3 Å². The van der Waals surface area contributed by atoms with Gasteiger partial charge in [0.05, 0.1) is 18.4 Å². The third-order valence-electron chi connectivity index (χ3n) is 5.15. The van der Waals surface area contributed by atoms with Gasteiger partial charge in [0.1, 0.15) is 5.76 Å². The summed E-state index contributed by atoms with van der Waals surface area (Å²) in [7, 11) is 0. The molecule has 1 aromatic rings. The van der Waals surface area contributed by atoms with Gasteiger partial charge in [-0.1, -0.05) is 12.8 Å². The van der Waals surface area contributed by atoms with Gasteiger partial charge in [0.15, 0.2) is 0 Å². The average Bonchev–Trinajstić information content (AvgIpc) is 3.03. The molecule has 2 fully saturated rings. The molecule has 0 amide bonds. The Kier molecular flexibility index (Phi) is 4.99. The molecular weight excluding hydrogens is 264 g/mol. The van der Waals surface area contributed by atoms with Crippen molar-refractivity contribution < 1.29 is 9.52 Å². The lowest BCUT2D eigenvalue weighted by Gasteiger charge is -2.42. The Bertz CT molecular complexity index is 412. The molecule has 1 saturated heterocycles. The lowest BCUT2D eigenvalue weighted by atomic mass is 9.89. The van der Waals surface area contributed by atoms with Crippen LogP contribution in [0, 0.1) is 0 Å². The number of aliphatic hydroxyl groups is 1. The van der Waals surface area contributed by atoms with E-state index < -0.39 is 0 Å². The first-order valence-electron chi connectivity index (χ1n) is 8.45. The van der Waals surface area contributed by atoms with E-state index in [-0.39, 0.29) is 12.1 Å². The van der Waals surface area contributed by atoms with Crippen molar-refractivity contribution >= 4 is 0 Å². The number of hydrogen-bond acceptors (Lipinski definition) is 4. The number of hydrogen-bond donors (Lipinski definition) is 2. The highest BCUT2D eigenvalue weighted by molar-refractivity contribution is 5.03. The molecule has 0 radical (unpaired) electrons. The zero-order valence-corrected chi connectivity index (χ0v) is 13.0. The third kappa shape index (κ3) is 3.68. The predicted octanol–water partition coefficient (Wildman–Crippen LogP) is 2.70. The minimum Gasteiger partial charge on any atom is -0.468 e. The first kappa shape index (κ1) is 15.1. The van der Waals surface area contributed by atoms with Crippen LogP contribution in [0.15, 0.2) is 22.8 Å². The minimum atomic E-state index is -0.106. The van der Waals surface area contributed by atoms with Gasteiger partial charge in [0, 0.05) is 25.2 Å². The zero-order valence-electron chi connectivity index (χ0n) is 13.0. The first-order valence-corrected chi connectivity index (χ1v) is 8.45. The standard InChI is InChI=1S/C17H28N2O2/c1-13(17-7-4-12-21-17)18-14-8-10-19(11-9-14)15-5-2-3-6-16(15)20/h4,7,12-16,18,20H,2-3,5-6,8-11H2,1H3. The molecule has 21 heavy (non-hydrogen) atoms. The van der Waals surface area contributed by atoms with Gasteiger partial charge in [-0.05, 0) is 44.7 Å². The van der Waals surface area contributed by atoms with Crippen LogP contribution in [-0.4, -0.2) is 41.3 Å². The number of rotatable bonds is 4. The van der Waals surface area contributed by atoms with E-state index in [1.54, 1.807) is 6.26 Å². The molecule has 0 spiro atoms. The van der Waals surface area contributed by atoms with E-state index in [4.69, 9.17) is 4.42 Å². The smallest absolute Gasteiger partial charge is 0.120 e. The van der Waals surface area contributed by atoms with E-state index in [0.717, 1.165) is 38.1 Å². The summed E-state index contributed by atoms with van der Waals surface area (Å²) in [6, 6.07) is 5.22. The van der Waals surface area contributed by atoms with Gasteiger partial charge in [-0.3, -0.25) is 4.90 Å². The lowest BCUT2D eigenvalue weighted by molar-refractivity contribution is 0.00659. The number of aliphatic hydroxyl groups excluding tert-OH is 1. The molecular formula is C17H28N2O2. The van der Waals surface area contributed by atoms with Crippen molar-refractivity contribution in [1.29, 1.82) is 0 Å². The van der Waals surface area contributed by atoms with E-state index in [1.807, 2.05) is 12.1 Å². The topological polar surface area (TPSA) is 48.6 Å². The molecule has 2 N–H and O–H groups in total. The van der Waals surface area contributed by atoms with Crippen molar-refractivity contribution in [3.63, 3.8) is 0 Å². The molecule has 4 nitrogen and oxygen atoms in total. The molecule has 1 aliphatic heterocycles. The highest BCUT2D eigenvalue weighted by atomic mass is 16.3. The van der Waals surface area contributed by atoms with Gasteiger partial charge < -0.3 is 14.8 Å². The van der Waals surface area contributed by atoms with Crippen LogP contribution in [0.3, 0.4) is 0 Å². The van der Waals surface area contributed by atoms with E-state index in [1.165, 1.54) is 19.3 Å². The molecule has 1 aliphatic carbocycles. The van der Waals surface area contributed by atoms with Gasteiger partial charge in [-0.15, -0.1) is 0 Å². The largest absolute Gasteiger partial charge is 0.468 e. The van der Waals surface area contributed by atoms with Crippen LogP contribution in [0.2, 0.25) is 0 Å². The maximum atomic E-state index is 10.2. The second-order valence-corrected chi connectivity index (χ2v) is 6.63. The molecule has 4 heteroatoms. The van der Waals surface area contributed by atoms with Crippen LogP contribution in [-0.2, 0) is 0 Å². The molecule has 1 saturated carbocycles. The molecule has 3 unspecified atom stereocenters. The molecule has 2 aliphatic rings. The van der Waals surface area contributed by atoms with Gasteiger partial charge in [0.2, 0.25) is 0 Å². The van der Waals surface area contributed by atoms with Crippen molar-refractivity contribution in [3.8, 4) is 0 Å². The summed E-state index contributed by atoms with van der Waals surface area (Å²) >= 11 is 0. The van der Waals surface area contributed by atoms with Crippen LogP contribution in [0.5, 0.6) is 0 Å². The minimum absolute atomic E-state index is 0.106. The third-order valence-corrected chi connectivity index (χ3v) is 5.15. The SMILES string of the molecule is CC(NC1CCN(C2CCCCC2O)CC1)c1ccco1. The number of piperidine rings is 1. The first-order chi connectivity index (χ1) is 10.2. The predicted molar refractivity (Wildman–Crippen MR) is 83.1 cm³/mol. The fourth-order valence-electron chi connectivity index (χ4n) is 3.89. The van der Waals surface area contributed by atoms with Crippen molar-refractivity contribution in [3.05, 3.63) is 24.2 Å². The van der Waals surface area contributed by atoms with Gasteiger partial charge >= 0.3 is 0 Å². The summed E-state index contributed by atoms with van der Waals surface area (Å²) in [4.78, 5) is 2.51. The molecule has 0 bridgehead atoms. The number of furan rings is 1. The maximum absolute atomic E-state index is 10.2. The Morgan fingerprint density at radius 1 is 1.24 bits per heavy atom. The second kappa shape index (κ2) is 6.95. The highest BCUT2D eigenvalue weighted by Crippen LogP contribution is 2.26. The normalized spacial score (nSPS) is 30.4. The van der Waals surface area contributed by atoms with Crippen molar-refractivity contribution in [2.45, 2.75) is 69.7 Å². The maximum Gasteiger partial charge on any atom is 0.120 e. The zero-order chi connectivity index (χ0) is 14.7. The summed E-state index contributed by atoms with van der Waals surface area (Å²) in [5, 5.41) is 13.9. The Balaban J connectivity index is 1.46. The Hall–Kier alpha value is -0.840. The Morgan fingerprint density at radius 2 is 2.00 bits per heavy atom. The van der Waals surface area contributed by atoms with Crippen LogP contribution in [0.25, 0.3) is 0 Å². The summed E-state index contributed by atoms with van der Waals surface area (Å²) < 4.78 is 5.46. The van der Waals surface area contributed by atoms with Crippen molar-refractivity contribution in [1.82, 2.24) is 10.2 Å². The van der Waals surface area contributed by atoms with Gasteiger partial charge in [-0.25, -0.2) is 0 Å². The average molecular weight is 292 g/mol. The fraction of sp³-hybridized carbons (Fsp3) is 0.765. The molecule has 3 atom stereocenters. The summed E-state index contributed by atoms with van der Waals surface area (Å²) in [6.07, 6.45) is 8.57. The molecule has 1 aromatic heterocycles. The molecule has 3 rings (SSSR count). The Labute approximate surface area is 127 Å². The van der Waals surface area contributed by atoms with Crippen LogP contribution >= 0.6 is 0 Å². The van der Waals surface area contributed by atoms with E-state index in [9.17, 15) is 5.11 Å². The number of nitrogens with one attached hydrogen (secondary N) is 1. The highest BCUT2D eigenvalue weighted by Gasteiger charge is 2.31. The summed E-state index contributed by atoms with van der Waals surface area (Å²) in [5.41, 5.74) is 0. The van der Waals surface area contributed by atoms with E-state index in [2.05, 4.69) is 17.1 Å². The van der Waals surface area contributed by atoms with Crippen LogP contribution < -0.4 is 5.32 Å². The Morgan fingerprint density at radius 3 is 2.67 bits per heavy atom. The molecule has 118 valence electrons. The molecule has 0 aromatic carbocycles. The quantitative estimate of drug-likeness (QED) is 0.896. The fourth-order valence-corrected chi connectivity index (χ4v) is 3.89. The van der Waals surface area contributed by atoms with E-state index >= 15 is 0 Å².